The van der Waals surface area contributed by atoms with Gasteiger partial charge in [0.2, 0.25) is 0 Å². The number of dihydropyridines is 1. The fourth-order valence-electron chi connectivity index (χ4n) is 4.23. The summed E-state index contributed by atoms with van der Waals surface area (Å²) in [5.41, 5.74) is 6.47. The maximum absolute atomic E-state index is 13.3. The van der Waals surface area contributed by atoms with Crippen molar-refractivity contribution in [1.29, 1.82) is 0 Å². The van der Waals surface area contributed by atoms with Crippen LogP contribution in [0.2, 0.25) is 0 Å². The average Bonchev–Trinajstić information content (AvgIpc) is 3.15. The Morgan fingerprint density at radius 3 is 2.81 bits per heavy atom. The Kier molecular flexibility index (Phi) is 7.84. The van der Waals surface area contributed by atoms with Crippen LogP contribution in [0.15, 0.2) is 63.6 Å². The molecule has 1 unspecified atom stereocenters. The van der Waals surface area contributed by atoms with Gasteiger partial charge in [-0.15, -0.1) is 0 Å². The highest BCUT2D eigenvalue weighted by atomic mass is 16.5. The molecule has 0 bridgehead atoms. The molecule has 1 aromatic heterocycles. The molecule has 0 saturated carbocycles. The molecule has 2 aliphatic rings. The van der Waals surface area contributed by atoms with E-state index in [2.05, 4.69) is 20.4 Å². The van der Waals surface area contributed by atoms with E-state index in [9.17, 15) is 9.59 Å². The van der Waals surface area contributed by atoms with Crippen molar-refractivity contribution in [1.82, 2.24) is 4.57 Å². The van der Waals surface area contributed by atoms with Gasteiger partial charge in [0.1, 0.15) is 6.61 Å². The van der Waals surface area contributed by atoms with E-state index in [-0.39, 0.29) is 24.1 Å². The first-order valence-electron chi connectivity index (χ1n) is 11.6. The van der Waals surface area contributed by atoms with Crippen molar-refractivity contribution in [2.24, 2.45) is 10.9 Å². The number of aliphatic imine (C=N–C) groups is 1. The highest BCUT2D eigenvalue weighted by molar-refractivity contribution is 6.15. The van der Waals surface area contributed by atoms with Crippen LogP contribution in [0.4, 0.5) is 0 Å². The normalized spacial score (nSPS) is 17.4. The molecule has 0 spiro atoms. The number of ether oxygens (including phenoxy) is 1. The highest BCUT2D eigenvalue weighted by Crippen LogP contribution is 2.33. The number of hydrogen-bond donors (Lipinski definition) is 0. The lowest BCUT2D eigenvalue weighted by Gasteiger charge is -2.16. The van der Waals surface area contributed by atoms with Crippen molar-refractivity contribution < 1.29 is 9.53 Å². The third kappa shape index (κ3) is 4.93. The maximum Gasteiger partial charge on any atom is 0.308 e. The molecule has 32 heavy (non-hydrogen) atoms. The van der Waals surface area contributed by atoms with Crippen LogP contribution in [0.25, 0.3) is 0 Å². The van der Waals surface area contributed by atoms with Crippen molar-refractivity contribution in [3.63, 3.8) is 0 Å². The quantitative estimate of drug-likeness (QED) is 0.377. The van der Waals surface area contributed by atoms with Crippen molar-refractivity contribution in [2.75, 3.05) is 0 Å². The second-order valence-electron chi connectivity index (χ2n) is 8.58. The number of esters is 1. The first kappa shape index (κ1) is 23.7. The Hall–Kier alpha value is -2.95. The molecule has 0 amide bonds. The van der Waals surface area contributed by atoms with E-state index < -0.39 is 0 Å². The smallest absolute Gasteiger partial charge is 0.308 e. The van der Waals surface area contributed by atoms with Gasteiger partial charge < -0.3 is 9.30 Å². The van der Waals surface area contributed by atoms with Gasteiger partial charge in [0.15, 0.2) is 0 Å². The van der Waals surface area contributed by atoms with Crippen molar-refractivity contribution in [3.05, 3.63) is 81.0 Å². The minimum atomic E-state index is -0.237. The Morgan fingerprint density at radius 1 is 1.34 bits per heavy atom. The second-order valence-corrected chi connectivity index (χ2v) is 8.58. The third-order valence-corrected chi connectivity index (χ3v) is 6.26. The fraction of sp³-hybridized carbons (Fsp3) is 0.444. The van der Waals surface area contributed by atoms with E-state index in [0.29, 0.717) is 12.1 Å². The summed E-state index contributed by atoms with van der Waals surface area (Å²) in [6.45, 7) is 12.3. The molecule has 0 N–H and O–H groups in total. The molecule has 0 aliphatic carbocycles. The molecule has 0 fully saturated rings. The second kappa shape index (κ2) is 10.6. The first-order valence-corrected chi connectivity index (χ1v) is 11.6. The summed E-state index contributed by atoms with van der Waals surface area (Å²) in [4.78, 5) is 30.5. The van der Waals surface area contributed by atoms with Gasteiger partial charge in [-0.1, -0.05) is 64.0 Å². The molecular formula is C27H34N2O3. The lowest BCUT2D eigenvalue weighted by molar-refractivity contribution is -0.149. The number of rotatable bonds is 9. The van der Waals surface area contributed by atoms with E-state index in [1.807, 2.05) is 38.1 Å². The number of unbranched alkanes of at least 4 members (excludes halogenated alkanes) is 1. The Bertz CT molecular complexity index is 1080. The van der Waals surface area contributed by atoms with Gasteiger partial charge in [0, 0.05) is 12.1 Å². The van der Waals surface area contributed by atoms with Gasteiger partial charge in [0.05, 0.1) is 29.4 Å². The van der Waals surface area contributed by atoms with Crippen LogP contribution < -0.4 is 5.56 Å². The number of pyridine rings is 1. The minimum absolute atomic E-state index is 0.0178. The molecule has 1 atom stereocenters. The average molecular weight is 435 g/mol. The van der Waals surface area contributed by atoms with Gasteiger partial charge in [0.25, 0.3) is 5.56 Å². The number of allylic oxidation sites excluding steroid dienone is 6. The third-order valence-electron chi connectivity index (χ3n) is 6.26. The van der Waals surface area contributed by atoms with E-state index in [0.717, 1.165) is 60.3 Å². The van der Waals surface area contributed by atoms with Crippen molar-refractivity contribution >= 4 is 11.7 Å². The van der Waals surface area contributed by atoms with Crippen LogP contribution in [0, 0.1) is 12.8 Å². The Morgan fingerprint density at radius 2 is 2.12 bits per heavy atom. The summed E-state index contributed by atoms with van der Waals surface area (Å²) < 4.78 is 7.30. The molecule has 3 heterocycles. The molecule has 5 heteroatoms. The summed E-state index contributed by atoms with van der Waals surface area (Å²) in [6, 6.07) is 2.01. The zero-order chi connectivity index (χ0) is 23.3. The monoisotopic (exact) mass is 434 g/mol. The largest absolute Gasteiger partial charge is 0.460 e. The molecule has 170 valence electrons. The van der Waals surface area contributed by atoms with Crippen LogP contribution >= 0.6 is 0 Å². The molecule has 2 aliphatic heterocycles. The summed E-state index contributed by atoms with van der Waals surface area (Å²) in [5.74, 6) is -0.388. The molecule has 5 nitrogen and oxygen atoms in total. The highest BCUT2D eigenvalue weighted by Gasteiger charge is 2.31. The topological polar surface area (TPSA) is 60.7 Å². The van der Waals surface area contributed by atoms with Crippen LogP contribution in [0.1, 0.15) is 69.7 Å². The zero-order valence-corrected chi connectivity index (χ0v) is 19.7. The predicted molar refractivity (Wildman–Crippen MR) is 130 cm³/mol. The van der Waals surface area contributed by atoms with Crippen molar-refractivity contribution in [2.45, 2.75) is 73.0 Å². The number of nitrogens with zero attached hydrogens (tertiary/aromatic N) is 2. The molecule has 3 rings (SSSR count). The van der Waals surface area contributed by atoms with Gasteiger partial charge in [-0.25, -0.2) is 0 Å². The molecule has 0 radical (unpaired) electrons. The van der Waals surface area contributed by atoms with Gasteiger partial charge in [-0.05, 0) is 43.0 Å². The van der Waals surface area contributed by atoms with Crippen LogP contribution in [0.3, 0.4) is 0 Å². The molecule has 1 aromatic rings. The fourth-order valence-corrected chi connectivity index (χ4v) is 4.23. The summed E-state index contributed by atoms with van der Waals surface area (Å²) in [7, 11) is 0. The summed E-state index contributed by atoms with van der Waals surface area (Å²) >= 11 is 0. The van der Waals surface area contributed by atoms with E-state index in [4.69, 9.17) is 9.73 Å². The van der Waals surface area contributed by atoms with E-state index in [1.54, 1.807) is 10.6 Å². The molecule has 0 aromatic carbocycles. The number of fused-ring (bicyclic) bond motifs is 3. The van der Waals surface area contributed by atoms with Crippen LogP contribution in [-0.2, 0) is 22.7 Å². The molecule has 0 saturated heterocycles. The van der Waals surface area contributed by atoms with Gasteiger partial charge in [-0.2, -0.15) is 0 Å². The lowest BCUT2D eigenvalue weighted by Crippen LogP contribution is -2.26. The SMILES string of the molecule is C=C/C=C\C=C1/CC(CC)=C2Cn3c(cc(C)c(COC(=O)C(C)CCCC)c3=O)C2=N1. The minimum Gasteiger partial charge on any atom is -0.460 e. The number of carbonyl (C=O) groups is 1. The predicted octanol–water partition coefficient (Wildman–Crippen LogP) is 5.57. The van der Waals surface area contributed by atoms with Gasteiger partial charge >= 0.3 is 5.97 Å². The molecular weight excluding hydrogens is 400 g/mol. The maximum atomic E-state index is 13.3. The zero-order valence-electron chi connectivity index (χ0n) is 19.7. The van der Waals surface area contributed by atoms with Crippen molar-refractivity contribution in [3.8, 4) is 0 Å². The number of carbonyl (C=O) groups excluding carboxylic acids is 1. The Labute approximate surface area is 190 Å². The standard InChI is InChI=1S/C27H34N2O3/c1-6-9-11-13-21-15-20(8-3)22-16-29-24(25(22)28-21)14-19(5)23(26(29)30)17-32-27(31)18(4)12-10-7-2/h6,9,11,13-14,18H,1,7-8,10,12,15-17H2,2-5H3/b11-9-,21-13+. The van der Waals surface area contributed by atoms with Crippen LogP contribution in [-0.4, -0.2) is 16.2 Å². The lowest BCUT2D eigenvalue weighted by atomic mass is 9.94. The number of aromatic nitrogens is 1. The summed E-state index contributed by atoms with van der Waals surface area (Å²) in [5, 5.41) is 0. The number of hydrogen-bond acceptors (Lipinski definition) is 4. The van der Waals surface area contributed by atoms with E-state index in [1.165, 1.54) is 5.57 Å². The summed E-state index contributed by atoms with van der Waals surface area (Å²) in [6.07, 6.45) is 12.1. The van der Waals surface area contributed by atoms with Gasteiger partial charge in [-0.3, -0.25) is 14.6 Å². The van der Waals surface area contributed by atoms with Crippen LogP contribution in [0.5, 0.6) is 0 Å². The van der Waals surface area contributed by atoms with E-state index >= 15 is 0 Å². The first-order chi connectivity index (χ1) is 15.4. The Balaban J connectivity index is 1.91. The number of aryl methyl sites for hydroxylation is 1.